The number of imidazole rings is 1. The van der Waals surface area contributed by atoms with E-state index in [4.69, 9.17) is 10.5 Å². The monoisotopic (exact) mass is 413 g/mol. The number of halogens is 1. The number of nitrogens with two attached hydrogens (primary N) is 1. The maximum atomic E-state index is 6.12. The van der Waals surface area contributed by atoms with Gasteiger partial charge in [0, 0.05) is 27.6 Å². The molecule has 0 saturated heterocycles. The van der Waals surface area contributed by atoms with E-state index < -0.39 is 0 Å². The molecule has 3 rings (SSSR count). The molecule has 3 aromatic rings. The van der Waals surface area contributed by atoms with Gasteiger partial charge in [-0.3, -0.25) is 4.40 Å². The minimum absolute atomic E-state index is 0.114. The maximum Gasteiger partial charge on any atom is 0.242 e. The summed E-state index contributed by atoms with van der Waals surface area (Å²) < 4.78 is 9.20. The van der Waals surface area contributed by atoms with Crippen LogP contribution in [0.2, 0.25) is 0 Å². The Morgan fingerprint density at radius 3 is 3.10 bits per heavy atom. The first-order valence-corrected chi connectivity index (χ1v) is 8.76. The van der Waals surface area contributed by atoms with E-state index in [1.807, 2.05) is 35.8 Å². The molecule has 0 aliphatic rings. The van der Waals surface area contributed by atoms with Crippen LogP contribution in [0, 0.1) is 3.57 Å². The summed E-state index contributed by atoms with van der Waals surface area (Å²) in [6, 6.07) is 8.07. The zero-order valence-electron chi connectivity index (χ0n) is 11.6. The van der Waals surface area contributed by atoms with Crippen LogP contribution in [0.1, 0.15) is 19.0 Å². The highest BCUT2D eigenvalue weighted by molar-refractivity contribution is 14.1. The van der Waals surface area contributed by atoms with Crippen LogP contribution in [0.4, 0.5) is 0 Å². The van der Waals surface area contributed by atoms with Crippen molar-refractivity contribution in [3.63, 3.8) is 0 Å². The number of benzene rings is 1. The number of rotatable bonds is 5. The number of nitrogens with zero attached hydrogens (tertiary/aromatic N) is 2. The highest BCUT2D eigenvalue weighted by Gasteiger charge is 2.17. The van der Waals surface area contributed by atoms with Gasteiger partial charge in [0.15, 0.2) is 4.96 Å². The van der Waals surface area contributed by atoms with Crippen molar-refractivity contribution in [2.75, 3.05) is 0 Å². The van der Waals surface area contributed by atoms with Crippen LogP contribution in [0.15, 0.2) is 35.8 Å². The van der Waals surface area contributed by atoms with Crippen LogP contribution < -0.4 is 10.5 Å². The molecule has 6 heteroatoms. The third-order valence-corrected chi connectivity index (χ3v) is 4.74. The lowest BCUT2D eigenvalue weighted by Crippen LogP contribution is -2.22. The third-order valence-electron chi connectivity index (χ3n) is 3.31. The topological polar surface area (TPSA) is 52.5 Å². The predicted octanol–water partition coefficient (Wildman–Crippen LogP) is 4.07. The number of ether oxygens (including phenoxy) is 1. The first-order chi connectivity index (χ1) is 10.2. The summed E-state index contributed by atoms with van der Waals surface area (Å²) in [6.45, 7) is 2.09. The fraction of sp³-hybridized carbons (Fsp3) is 0.267. The van der Waals surface area contributed by atoms with Crippen LogP contribution in [-0.4, -0.2) is 15.4 Å². The quantitative estimate of drug-likeness (QED) is 0.642. The number of hydrogen-bond donors (Lipinski definition) is 1. The van der Waals surface area contributed by atoms with Gasteiger partial charge in [0.05, 0.1) is 5.69 Å². The van der Waals surface area contributed by atoms with Gasteiger partial charge < -0.3 is 10.5 Å². The van der Waals surface area contributed by atoms with E-state index in [9.17, 15) is 0 Å². The Labute approximate surface area is 141 Å². The Balaban J connectivity index is 1.97. The Hall–Kier alpha value is -1.12. The van der Waals surface area contributed by atoms with E-state index in [-0.39, 0.29) is 6.04 Å². The van der Waals surface area contributed by atoms with E-state index in [1.54, 1.807) is 11.3 Å². The van der Waals surface area contributed by atoms with Gasteiger partial charge in [-0.05, 0) is 47.2 Å². The van der Waals surface area contributed by atoms with Gasteiger partial charge in [-0.1, -0.05) is 13.0 Å². The molecule has 0 spiro atoms. The summed E-state index contributed by atoms with van der Waals surface area (Å²) in [5, 5.41) is 2.03. The molecule has 0 amide bonds. The fourth-order valence-corrected chi connectivity index (χ4v) is 3.35. The van der Waals surface area contributed by atoms with Crippen molar-refractivity contribution in [1.82, 2.24) is 9.38 Å². The minimum atomic E-state index is 0.114. The van der Waals surface area contributed by atoms with E-state index in [0.717, 1.165) is 32.8 Å². The molecule has 0 bridgehead atoms. The normalized spacial score (nSPS) is 12.7. The van der Waals surface area contributed by atoms with Crippen molar-refractivity contribution in [3.8, 4) is 11.6 Å². The highest BCUT2D eigenvalue weighted by Crippen LogP contribution is 2.29. The van der Waals surface area contributed by atoms with Gasteiger partial charge >= 0.3 is 0 Å². The number of fused-ring (bicyclic) bond motifs is 1. The summed E-state index contributed by atoms with van der Waals surface area (Å²) in [4.78, 5) is 5.53. The van der Waals surface area contributed by atoms with Gasteiger partial charge in [-0.25, -0.2) is 0 Å². The second-order valence-electron chi connectivity index (χ2n) is 4.85. The van der Waals surface area contributed by atoms with Crippen molar-refractivity contribution >= 4 is 38.9 Å². The average Bonchev–Trinajstić information content (AvgIpc) is 3.02. The second kappa shape index (κ2) is 6.33. The van der Waals surface area contributed by atoms with Crippen molar-refractivity contribution in [3.05, 3.63) is 45.1 Å². The zero-order valence-corrected chi connectivity index (χ0v) is 14.6. The number of thiazole rings is 1. The van der Waals surface area contributed by atoms with Crippen molar-refractivity contribution in [1.29, 1.82) is 0 Å². The molecular weight excluding hydrogens is 397 g/mol. The van der Waals surface area contributed by atoms with Crippen LogP contribution in [-0.2, 0) is 6.42 Å². The molecular formula is C15H16IN3OS. The summed E-state index contributed by atoms with van der Waals surface area (Å²) in [5.41, 5.74) is 7.16. The third kappa shape index (κ3) is 3.22. The predicted molar refractivity (Wildman–Crippen MR) is 94.3 cm³/mol. The molecule has 21 heavy (non-hydrogen) atoms. The minimum Gasteiger partial charge on any atom is -0.437 e. The molecule has 0 fully saturated rings. The molecule has 0 aliphatic heterocycles. The van der Waals surface area contributed by atoms with Gasteiger partial charge in [0.25, 0.3) is 0 Å². The van der Waals surface area contributed by atoms with Crippen molar-refractivity contribution < 1.29 is 4.74 Å². The molecule has 1 atom stereocenters. The molecule has 2 N–H and O–H groups in total. The Bertz CT molecular complexity index is 752. The molecule has 2 heterocycles. The summed E-state index contributed by atoms with van der Waals surface area (Å²) in [5.74, 6) is 1.46. The molecule has 2 aromatic heterocycles. The van der Waals surface area contributed by atoms with E-state index >= 15 is 0 Å². The molecule has 0 radical (unpaired) electrons. The van der Waals surface area contributed by atoms with E-state index in [0.29, 0.717) is 5.88 Å². The van der Waals surface area contributed by atoms with Gasteiger partial charge in [-0.15, -0.1) is 11.3 Å². The SMILES string of the molecule is CCC(N)Cc1c(Oc2cccc(I)c2)nc2sccn12. The second-order valence-corrected chi connectivity index (χ2v) is 6.97. The van der Waals surface area contributed by atoms with Crippen LogP contribution in [0.25, 0.3) is 4.96 Å². The molecule has 0 saturated carbocycles. The van der Waals surface area contributed by atoms with Gasteiger partial charge in [0.1, 0.15) is 5.75 Å². The number of hydrogen-bond acceptors (Lipinski definition) is 4. The first-order valence-electron chi connectivity index (χ1n) is 6.80. The smallest absolute Gasteiger partial charge is 0.242 e. The Kier molecular flexibility index (Phi) is 4.46. The zero-order chi connectivity index (χ0) is 14.8. The van der Waals surface area contributed by atoms with Gasteiger partial charge in [-0.2, -0.15) is 4.98 Å². The summed E-state index contributed by atoms with van der Waals surface area (Å²) in [7, 11) is 0. The van der Waals surface area contributed by atoms with Crippen LogP contribution in [0.3, 0.4) is 0 Å². The van der Waals surface area contributed by atoms with Crippen LogP contribution in [0.5, 0.6) is 11.6 Å². The van der Waals surface area contributed by atoms with Crippen LogP contribution >= 0.6 is 33.9 Å². The lowest BCUT2D eigenvalue weighted by atomic mass is 10.1. The number of aromatic nitrogens is 2. The van der Waals surface area contributed by atoms with E-state index in [2.05, 4.69) is 38.9 Å². The molecule has 4 nitrogen and oxygen atoms in total. The fourth-order valence-electron chi connectivity index (χ4n) is 2.11. The van der Waals surface area contributed by atoms with E-state index in [1.165, 1.54) is 0 Å². The highest BCUT2D eigenvalue weighted by atomic mass is 127. The lowest BCUT2D eigenvalue weighted by molar-refractivity contribution is 0.454. The summed E-state index contributed by atoms with van der Waals surface area (Å²) >= 11 is 3.87. The first kappa shape index (κ1) is 14.8. The maximum absolute atomic E-state index is 6.12. The molecule has 0 aliphatic carbocycles. The Morgan fingerprint density at radius 2 is 2.33 bits per heavy atom. The molecule has 1 aromatic carbocycles. The van der Waals surface area contributed by atoms with Crippen molar-refractivity contribution in [2.24, 2.45) is 5.73 Å². The largest absolute Gasteiger partial charge is 0.437 e. The average molecular weight is 413 g/mol. The summed E-state index contributed by atoms with van der Waals surface area (Å²) in [6.07, 6.45) is 3.71. The standard InChI is InChI=1S/C15H16IN3OS/c1-2-11(17)9-13-14(18-15-19(13)6-7-21-15)20-12-5-3-4-10(16)8-12/h3-8,11H,2,9,17H2,1H3. The van der Waals surface area contributed by atoms with Gasteiger partial charge in [0.2, 0.25) is 5.88 Å². The molecule has 110 valence electrons. The lowest BCUT2D eigenvalue weighted by Gasteiger charge is -2.10. The molecule has 1 unspecified atom stereocenters. The van der Waals surface area contributed by atoms with Crippen molar-refractivity contribution in [2.45, 2.75) is 25.8 Å². The Morgan fingerprint density at radius 1 is 1.48 bits per heavy atom.